The van der Waals surface area contributed by atoms with Gasteiger partial charge in [0, 0.05) is 55.8 Å². The smallest absolute Gasteiger partial charge is 0.310 e. The number of aromatic nitrogens is 2. The number of halogens is 2. The average Bonchev–Trinajstić information content (AvgIpc) is 3.83. The maximum atomic E-state index is 14.3. The first-order valence-corrected chi connectivity index (χ1v) is 25.6. The van der Waals surface area contributed by atoms with Crippen LogP contribution in [0.15, 0.2) is 139 Å². The molecule has 0 unspecified atom stereocenters. The van der Waals surface area contributed by atoms with Gasteiger partial charge in [0.25, 0.3) is 0 Å². The summed E-state index contributed by atoms with van der Waals surface area (Å²) in [6.07, 6.45) is 7.74. The number of nitrogens with zero attached hydrogens (tertiary/aromatic N) is 2. The SMILES string of the molecule is CCOC(=O)Cc1c(C(=O)c2ccc(Br)cc2)sc(SCc2ccccc2CSc2sc(C(=O)c3ccc(Br)cc3)c(CC(=O)OCC)c2-[n+]2ccc(C)cc2)c1-[n+]1ccc(C)cc1. The Morgan fingerprint density at radius 1 is 0.547 bits per heavy atom. The van der Waals surface area contributed by atoms with E-state index >= 15 is 0 Å². The third kappa shape index (κ3) is 11.4. The summed E-state index contributed by atoms with van der Waals surface area (Å²) < 4.78 is 18.4. The second kappa shape index (κ2) is 22.0. The van der Waals surface area contributed by atoms with Crippen LogP contribution in [-0.2, 0) is 43.4 Å². The van der Waals surface area contributed by atoms with Crippen LogP contribution in [0, 0.1) is 13.8 Å². The zero-order chi connectivity index (χ0) is 45.3. The van der Waals surface area contributed by atoms with Crippen molar-refractivity contribution in [1.82, 2.24) is 0 Å². The fourth-order valence-corrected chi connectivity index (χ4v) is 12.6. The van der Waals surface area contributed by atoms with Crippen molar-refractivity contribution >= 4 is 102 Å². The van der Waals surface area contributed by atoms with E-state index in [4.69, 9.17) is 9.47 Å². The second-order valence-electron chi connectivity index (χ2n) is 14.6. The predicted octanol–water partition coefficient (Wildman–Crippen LogP) is 11.8. The minimum atomic E-state index is -0.401. The van der Waals surface area contributed by atoms with Crippen molar-refractivity contribution in [1.29, 1.82) is 0 Å². The highest BCUT2D eigenvalue weighted by molar-refractivity contribution is 9.10. The molecule has 0 saturated carbocycles. The Morgan fingerprint density at radius 2 is 0.906 bits per heavy atom. The molecule has 0 radical (unpaired) electrons. The number of pyridine rings is 2. The highest BCUT2D eigenvalue weighted by Gasteiger charge is 2.34. The van der Waals surface area contributed by atoms with E-state index in [-0.39, 0.29) is 37.6 Å². The van der Waals surface area contributed by atoms with Gasteiger partial charge in [0.1, 0.15) is 8.42 Å². The number of carbonyl (C=O) groups is 4. The van der Waals surface area contributed by atoms with Crippen molar-refractivity contribution in [3.8, 4) is 11.4 Å². The molecular formula is C50H44Br2N2O6S4+2. The van der Waals surface area contributed by atoms with E-state index in [0.29, 0.717) is 43.5 Å². The van der Waals surface area contributed by atoms with Crippen LogP contribution in [0.1, 0.15) is 77.7 Å². The van der Waals surface area contributed by atoms with Gasteiger partial charge in [-0.1, -0.05) is 56.1 Å². The van der Waals surface area contributed by atoms with E-state index in [1.807, 2.05) is 108 Å². The summed E-state index contributed by atoms with van der Waals surface area (Å²) in [5.41, 5.74) is 8.23. The van der Waals surface area contributed by atoms with Gasteiger partial charge in [-0.15, -0.1) is 46.2 Å². The van der Waals surface area contributed by atoms with Crippen LogP contribution in [0.5, 0.6) is 0 Å². The van der Waals surface area contributed by atoms with Crippen molar-refractivity contribution in [2.45, 2.75) is 60.5 Å². The van der Waals surface area contributed by atoms with Crippen LogP contribution in [0.4, 0.5) is 0 Å². The van der Waals surface area contributed by atoms with Gasteiger partial charge in [0.15, 0.2) is 24.8 Å². The van der Waals surface area contributed by atoms with Gasteiger partial charge in [-0.3, -0.25) is 19.2 Å². The summed E-state index contributed by atoms with van der Waals surface area (Å²) in [4.78, 5) is 55.9. The van der Waals surface area contributed by atoms with Crippen molar-refractivity contribution in [2.75, 3.05) is 13.2 Å². The lowest BCUT2D eigenvalue weighted by molar-refractivity contribution is -0.598. The quantitative estimate of drug-likeness (QED) is 0.0363. The number of carbonyl (C=O) groups excluding carboxylic acids is 4. The summed E-state index contributed by atoms with van der Waals surface area (Å²) in [6, 6.07) is 30.8. The summed E-state index contributed by atoms with van der Waals surface area (Å²) in [5.74, 6) is 0.0318. The van der Waals surface area contributed by atoms with Gasteiger partial charge < -0.3 is 9.47 Å². The van der Waals surface area contributed by atoms with Gasteiger partial charge >= 0.3 is 11.9 Å². The molecular weight excluding hydrogens is 1010 g/mol. The van der Waals surface area contributed by atoms with Gasteiger partial charge in [-0.05, 0) is 98.5 Å². The summed E-state index contributed by atoms with van der Waals surface area (Å²) >= 11 is 13.0. The van der Waals surface area contributed by atoms with Crippen LogP contribution in [0.3, 0.4) is 0 Å². The topological polar surface area (TPSA) is 94.5 Å². The van der Waals surface area contributed by atoms with Crippen molar-refractivity contribution in [3.63, 3.8) is 0 Å². The van der Waals surface area contributed by atoms with Crippen LogP contribution in [0.2, 0.25) is 0 Å². The monoisotopic (exact) mass is 1050 g/mol. The number of hydrogen-bond donors (Lipinski definition) is 0. The molecule has 3 aromatic carbocycles. The number of thioether (sulfide) groups is 2. The first-order valence-electron chi connectivity index (χ1n) is 20.5. The summed E-state index contributed by atoms with van der Waals surface area (Å²) in [5, 5.41) is 0. The minimum absolute atomic E-state index is 0.0570. The Bertz CT molecular complexity index is 2610. The minimum Gasteiger partial charge on any atom is -0.466 e. The lowest BCUT2D eigenvalue weighted by atomic mass is 10.0. The molecule has 4 heterocycles. The molecule has 0 fully saturated rings. The third-order valence-electron chi connectivity index (χ3n) is 10.1. The summed E-state index contributed by atoms with van der Waals surface area (Å²) in [6.45, 7) is 8.05. The maximum absolute atomic E-state index is 14.3. The lowest BCUT2D eigenvalue weighted by Gasteiger charge is -2.09. The Balaban J connectivity index is 1.26. The number of hydrogen-bond acceptors (Lipinski definition) is 10. The zero-order valence-corrected chi connectivity index (χ0v) is 42.0. The van der Waals surface area contributed by atoms with Gasteiger partial charge in [-0.2, -0.15) is 9.13 Å². The van der Waals surface area contributed by atoms with E-state index in [1.165, 1.54) is 22.7 Å². The Morgan fingerprint density at radius 3 is 1.25 bits per heavy atom. The van der Waals surface area contributed by atoms with Crippen LogP contribution < -0.4 is 9.13 Å². The number of thiophene rings is 2. The molecule has 64 heavy (non-hydrogen) atoms. The molecule has 0 bridgehead atoms. The van der Waals surface area contributed by atoms with Gasteiger partial charge in [-0.25, -0.2) is 0 Å². The molecule has 7 aromatic rings. The molecule has 326 valence electrons. The molecule has 0 atom stereocenters. The third-order valence-corrected chi connectivity index (χ3v) is 16.2. The molecule has 0 amide bonds. The van der Waals surface area contributed by atoms with Gasteiger partial charge in [0.2, 0.25) is 22.9 Å². The lowest BCUT2D eigenvalue weighted by Crippen LogP contribution is -2.32. The number of ether oxygens (including phenoxy) is 2. The first kappa shape index (κ1) is 47.3. The van der Waals surface area contributed by atoms with E-state index in [0.717, 1.165) is 51.0 Å². The highest BCUT2D eigenvalue weighted by atomic mass is 79.9. The Labute approximate surface area is 406 Å². The second-order valence-corrected chi connectivity index (χ2v) is 21.0. The number of benzene rings is 3. The molecule has 0 aliphatic heterocycles. The van der Waals surface area contributed by atoms with E-state index in [9.17, 15) is 19.2 Å². The van der Waals surface area contributed by atoms with Crippen molar-refractivity contribution in [2.24, 2.45) is 0 Å². The predicted molar refractivity (Wildman–Crippen MR) is 263 cm³/mol. The Kier molecular flexibility index (Phi) is 16.2. The fourth-order valence-electron chi connectivity index (χ4n) is 6.88. The van der Waals surface area contributed by atoms with Crippen LogP contribution >= 0.6 is 78.1 Å². The fraction of sp³-hybridized carbons (Fsp3) is 0.200. The standard InChI is InChI=1S/C50H44Br2N2O6S4/c1-5-59-41(55)27-39-43(53-23-19-31(3)20-24-53)49(63-47(39)45(57)33-11-15-37(51)16-12-33)61-29-35-9-7-8-10-36(35)30-62-50-44(54-25-21-32(4)22-26-54)40(28-42(56)60-6-2)48(64-50)46(58)34-13-17-38(52)18-14-34/h7-26H,5-6,27-30H2,1-4H3/q+2. The summed E-state index contributed by atoms with van der Waals surface area (Å²) in [7, 11) is 0. The van der Waals surface area contributed by atoms with E-state index < -0.39 is 11.9 Å². The normalized spacial score (nSPS) is 11.1. The van der Waals surface area contributed by atoms with E-state index in [1.54, 1.807) is 61.6 Å². The first-order chi connectivity index (χ1) is 30.9. The molecule has 0 saturated heterocycles. The molecule has 0 spiro atoms. The highest BCUT2D eigenvalue weighted by Crippen LogP contribution is 2.43. The number of aryl methyl sites for hydroxylation is 2. The number of esters is 2. The van der Waals surface area contributed by atoms with Crippen molar-refractivity contribution in [3.05, 3.63) is 185 Å². The van der Waals surface area contributed by atoms with Crippen molar-refractivity contribution < 1.29 is 37.8 Å². The molecule has 0 N–H and O–H groups in total. The van der Waals surface area contributed by atoms with Crippen LogP contribution in [-0.4, -0.2) is 36.7 Å². The number of rotatable bonds is 18. The van der Waals surface area contributed by atoms with E-state index in [2.05, 4.69) is 44.0 Å². The molecule has 0 aliphatic rings. The molecule has 0 aliphatic carbocycles. The molecule has 8 nitrogen and oxygen atoms in total. The zero-order valence-electron chi connectivity index (χ0n) is 35.5. The Hall–Kier alpha value is -4.70. The van der Waals surface area contributed by atoms with Gasteiger partial charge in [0.05, 0.1) is 46.9 Å². The molecule has 4 aromatic heterocycles. The average molecular weight is 1060 g/mol. The number of ketones is 2. The maximum Gasteiger partial charge on any atom is 0.310 e. The van der Waals surface area contributed by atoms with Crippen LogP contribution in [0.25, 0.3) is 11.4 Å². The molecule has 7 rings (SSSR count). The molecule has 14 heteroatoms. The largest absolute Gasteiger partial charge is 0.466 e.